The van der Waals surface area contributed by atoms with Gasteiger partial charge in [0.25, 0.3) is 5.91 Å². The molecule has 0 bridgehead atoms. The SMILES string of the molecule is CCC(C(=O)N1CCC(NC(=O)c2cc(C(=O)O)ccn2)CC1)c1ccccc1. The minimum atomic E-state index is -1.10. The number of hydrogen-bond donors (Lipinski definition) is 2. The molecule has 1 aromatic carbocycles. The summed E-state index contributed by atoms with van der Waals surface area (Å²) < 4.78 is 0. The number of aromatic nitrogens is 1. The highest BCUT2D eigenvalue weighted by atomic mass is 16.4. The van der Waals surface area contributed by atoms with E-state index in [4.69, 9.17) is 5.11 Å². The lowest BCUT2D eigenvalue weighted by atomic mass is 9.93. The predicted molar refractivity (Wildman–Crippen MR) is 108 cm³/mol. The summed E-state index contributed by atoms with van der Waals surface area (Å²) in [6.07, 6.45) is 3.36. The molecule has 2 heterocycles. The summed E-state index contributed by atoms with van der Waals surface area (Å²) in [7, 11) is 0. The van der Waals surface area contributed by atoms with Gasteiger partial charge in [0, 0.05) is 25.3 Å². The van der Waals surface area contributed by atoms with Crippen LogP contribution in [0.1, 0.15) is 58.5 Å². The monoisotopic (exact) mass is 395 g/mol. The maximum Gasteiger partial charge on any atom is 0.335 e. The summed E-state index contributed by atoms with van der Waals surface area (Å²) in [6.45, 7) is 3.17. The molecule has 0 spiro atoms. The van der Waals surface area contributed by atoms with Crippen molar-refractivity contribution in [3.05, 3.63) is 65.5 Å². The van der Waals surface area contributed by atoms with E-state index in [1.165, 1.54) is 18.3 Å². The standard InChI is InChI=1S/C22H25N3O4/c1-2-18(15-6-4-3-5-7-15)21(27)25-12-9-17(10-13-25)24-20(26)19-14-16(22(28)29)8-11-23-19/h3-8,11,14,17-18H,2,9-10,12-13H2,1H3,(H,24,26)(H,28,29). The van der Waals surface area contributed by atoms with Gasteiger partial charge in [-0.2, -0.15) is 0 Å². The van der Waals surface area contributed by atoms with Crippen molar-refractivity contribution in [2.24, 2.45) is 0 Å². The maximum atomic E-state index is 13.0. The number of carboxylic acids is 1. The van der Waals surface area contributed by atoms with E-state index in [2.05, 4.69) is 10.3 Å². The van der Waals surface area contributed by atoms with Crippen LogP contribution in [-0.2, 0) is 4.79 Å². The highest BCUT2D eigenvalue weighted by Crippen LogP contribution is 2.24. The lowest BCUT2D eigenvalue weighted by molar-refractivity contribution is -0.134. The van der Waals surface area contributed by atoms with E-state index in [0.717, 1.165) is 12.0 Å². The topological polar surface area (TPSA) is 99.6 Å². The largest absolute Gasteiger partial charge is 0.478 e. The average molecular weight is 395 g/mol. The molecule has 2 N–H and O–H groups in total. The Morgan fingerprint density at radius 3 is 2.48 bits per heavy atom. The number of likely N-dealkylation sites (tertiary alicyclic amines) is 1. The van der Waals surface area contributed by atoms with Gasteiger partial charge < -0.3 is 15.3 Å². The molecule has 1 unspecified atom stereocenters. The molecule has 3 rings (SSSR count). The van der Waals surface area contributed by atoms with Crippen LogP contribution in [0.25, 0.3) is 0 Å². The number of benzene rings is 1. The average Bonchev–Trinajstić information content (AvgIpc) is 2.75. The Balaban J connectivity index is 1.56. The van der Waals surface area contributed by atoms with Gasteiger partial charge >= 0.3 is 5.97 Å². The Bertz CT molecular complexity index is 877. The van der Waals surface area contributed by atoms with Crippen LogP contribution in [0.5, 0.6) is 0 Å². The number of piperidine rings is 1. The number of rotatable bonds is 6. The van der Waals surface area contributed by atoms with Crippen molar-refractivity contribution >= 4 is 17.8 Å². The first-order valence-corrected chi connectivity index (χ1v) is 9.83. The number of nitrogens with one attached hydrogen (secondary N) is 1. The molecule has 2 aromatic rings. The third-order valence-corrected chi connectivity index (χ3v) is 5.29. The highest BCUT2D eigenvalue weighted by molar-refractivity contribution is 5.96. The number of amides is 2. The van der Waals surface area contributed by atoms with E-state index in [1.54, 1.807) is 0 Å². The molecular formula is C22H25N3O4. The zero-order valence-corrected chi connectivity index (χ0v) is 16.4. The van der Waals surface area contributed by atoms with Crippen molar-refractivity contribution in [1.29, 1.82) is 0 Å². The van der Waals surface area contributed by atoms with Gasteiger partial charge in [0.2, 0.25) is 5.91 Å². The fourth-order valence-electron chi connectivity index (χ4n) is 3.65. The third-order valence-electron chi connectivity index (χ3n) is 5.29. The van der Waals surface area contributed by atoms with Crippen molar-refractivity contribution in [2.75, 3.05) is 13.1 Å². The number of carbonyl (C=O) groups excluding carboxylic acids is 2. The Morgan fingerprint density at radius 1 is 1.17 bits per heavy atom. The van der Waals surface area contributed by atoms with Gasteiger partial charge in [-0.1, -0.05) is 37.3 Å². The summed E-state index contributed by atoms with van der Waals surface area (Å²) in [5.74, 6) is -1.52. The lowest BCUT2D eigenvalue weighted by Gasteiger charge is -2.34. The van der Waals surface area contributed by atoms with Crippen molar-refractivity contribution in [3.8, 4) is 0 Å². The second-order valence-electron chi connectivity index (χ2n) is 7.18. The number of pyridine rings is 1. The fourth-order valence-corrected chi connectivity index (χ4v) is 3.65. The van der Waals surface area contributed by atoms with Crippen molar-refractivity contribution in [2.45, 2.75) is 38.1 Å². The minimum absolute atomic E-state index is 0.0251. The minimum Gasteiger partial charge on any atom is -0.478 e. The van der Waals surface area contributed by atoms with E-state index in [0.29, 0.717) is 25.9 Å². The summed E-state index contributed by atoms with van der Waals surface area (Å²) in [5.41, 5.74) is 1.13. The lowest BCUT2D eigenvalue weighted by Crippen LogP contribution is -2.47. The summed E-state index contributed by atoms with van der Waals surface area (Å²) in [4.78, 5) is 42.2. The molecule has 152 valence electrons. The second-order valence-corrected chi connectivity index (χ2v) is 7.18. The van der Waals surface area contributed by atoms with E-state index in [-0.39, 0.29) is 29.1 Å². The Hall–Kier alpha value is -3.22. The zero-order valence-electron chi connectivity index (χ0n) is 16.4. The maximum absolute atomic E-state index is 13.0. The Kier molecular flexibility index (Phi) is 6.59. The Labute approximate surface area is 169 Å². The van der Waals surface area contributed by atoms with Gasteiger partial charge in [0.05, 0.1) is 11.5 Å². The number of aromatic carboxylic acids is 1. The molecule has 7 nitrogen and oxygen atoms in total. The molecule has 0 saturated carbocycles. The summed E-state index contributed by atoms with van der Waals surface area (Å²) in [5, 5.41) is 11.9. The molecule has 1 saturated heterocycles. The first-order chi connectivity index (χ1) is 14.0. The van der Waals surface area contributed by atoms with Crippen LogP contribution >= 0.6 is 0 Å². The van der Waals surface area contributed by atoms with Crippen LogP contribution in [0.3, 0.4) is 0 Å². The van der Waals surface area contributed by atoms with E-state index in [9.17, 15) is 14.4 Å². The van der Waals surface area contributed by atoms with Crippen LogP contribution in [0, 0.1) is 0 Å². The second kappa shape index (κ2) is 9.32. The van der Waals surface area contributed by atoms with Crippen molar-refractivity contribution < 1.29 is 19.5 Å². The fraction of sp³-hybridized carbons (Fsp3) is 0.364. The summed E-state index contributed by atoms with van der Waals surface area (Å²) in [6, 6.07) is 12.3. The number of nitrogens with zero attached hydrogens (tertiary/aromatic N) is 2. The van der Waals surface area contributed by atoms with Gasteiger partial charge in [-0.05, 0) is 37.0 Å². The van der Waals surface area contributed by atoms with Crippen molar-refractivity contribution in [3.63, 3.8) is 0 Å². The number of carbonyl (C=O) groups is 3. The zero-order chi connectivity index (χ0) is 20.8. The van der Waals surface area contributed by atoms with Crippen LogP contribution in [-0.4, -0.2) is 51.9 Å². The van der Waals surface area contributed by atoms with Crippen LogP contribution in [0.2, 0.25) is 0 Å². The van der Waals surface area contributed by atoms with E-state index >= 15 is 0 Å². The summed E-state index contributed by atoms with van der Waals surface area (Å²) >= 11 is 0. The van der Waals surface area contributed by atoms with Gasteiger partial charge in [-0.3, -0.25) is 14.6 Å². The highest BCUT2D eigenvalue weighted by Gasteiger charge is 2.29. The smallest absolute Gasteiger partial charge is 0.335 e. The van der Waals surface area contributed by atoms with Gasteiger partial charge in [-0.15, -0.1) is 0 Å². The molecule has 0 aliphatic carbocycles. The van der Waals surface area contributed by atoms with Gasteiger partial charge in [0.15, 0.2) is 0 Å². The quantitative estimate of drug-likeness (QED) is 0.783. The molecule has 2 amide bonds. The molecule has 1 aromatic heterocycles. The van der Waals surface area contributed by atoms with Crippen LogP contribution < -0.4 is 5.32 Å². The normalized spacial score (nSPS) is 15.6. The molecule has 1 atom stereocenters. The van der Waals surface area contributed by atoms with Crippen LogP contribution in [0.4, 0.5) is 0 Å². The van der Waals surface area contributed by atoms with E-state index < -0.39 is 11.9 Å². The van der Waals surface area contributed by atoms with Crippen LogP contribution in [0.15, 0.2) is 48.7 Å². The molecule has 29 heavy (non-hydrogen) atoms. The first kappa shape index (κ1) is 20.5. The van der Waals surface area contributed by atoms with E-state index in [1.807, 2.05) is 42.2 Å². The predicted octanol–water partition coefficient (Wildman–Crippen LogP) is 2.69. The number of hydrogen-bond acceptors (Lipinski definition) is 4. The molecule has 1 fully saturated rings. The molecule has 0 radical (unpaired) electrons. The molecular weight excluding hydrogens is 370 g/mol. The molecule has 7 heteroatoms. The molecule has 1 aliphatic heterocycles. The molecule has 1 aliphatic rings. The first-order valence-electron chi connectivity index (χ1n) is 9.83. The van der Waals surface area contributed by atoms with Crippen molar-refractivity contribution in [1.82, 2.24) is 15.2 Å². The van der Waals surface area contributed by atoms with Gasteiger partial charge in [0.1, 0.15) is 5.69 Å². The Morgan fingerprint density at radius 2 is 1.86 bits per heavy atom. The third kappa shape index (κ3) is 4.99. The number of carboxylic acid groups (broad SMARTS) is 1. The van der Waals surface area contributed by atoms with Gasteiger partial charge in [-0.25, -0.2) is 4.79 Å².